The molecule has 6 rings (SSSR count). The largest absolute Gasteiger partial charge is 0.481 e. The number of aryl methyl sites for hydroxylation is 2. The lowest BCUT2D eigenvalue weighted by Crippen LogP contribution is -2.30. The van der Waals surface area contributed by atoms with Crippen LogP contribution < -0.4 is 11.1 Å². The molecule has 6 aromatic rings. The van der Waals surface area contributed by atoms with Crippen LogP contribution >= 0.6 is 0 Å². The lowest BCUT2D eigenvalue weighted by Gasteiger charge is -2.18. The van der Waals surface area contributed by atoms with Crippen LogP contribution in [0.15, 0.2) is 78.9 Å². The SMILES string of the molecule is CN(C)CCC(CN)c1coc(-c2ccc(F)cc2)n1.CN(C)CCC(CNC(=O)CCCc1noc(C(F)F)n1)c1coc(-c2ccc(F)cc2)n1.O=C(O)CCCc1noc(C(F)F)n1. The minimum Gasteiger partial charge on any atom is -0.481 e. The van der Waals surface area contributed by atoms with E-state index >= 15 is 0 Å². The zero-order chi connectivity index (χ0) is 48.9. The van der Waals surface area contributed by atoms with Crippen molar-refractivity contribution in [2.75, 3.05) is 54.4 Å². The summed E-state index contributed by atoms with van der Waals surface area (Å²) in [5, 5.41) is 18.0. The number of carbonyl (C=O) groups excluding carboxylic acids is 1. The summed E-state index contributed by atoms with van der Waals surface area (Å²) in [5.41, 5.74) is 8.79. The summed E-state index contributed by atoms with van der Waals surface area (Å²) < 4.78 is 94.6. The summed E-state index contributed by atoms with van der Waals surface area (Å²) in [6, 6.07) is 12.0. The van der Waals surface area contributed by atoms with Gasteiger partial charge < -0.3 is 43.8 Å². The Hall–Kier alpha value is -6.46. The fourth-order valence-corrected chi connectivity index (χ4v) is 6.01. The zero-order valence-electron chi connectivity index (χ0n) is 37.4. The van der Waals surface area contributed by atoms with E-state index in [4.69, 9.17) is 19.7 Å². The van der Waals surface area contributed by atoms with Crippen molar-refractivity contribution in [2.45, 2.75) is 76.1 Å². The molecule has 1 amide bonds. The van der Waals surface area contributed by atoms with Crippen molar-refractivity contribution in [3.8, 4) is 22.9 Å². The molecule has 0 fully saturated rings. The second-order valence-electron chi connectivity index (χ2n) is 15.6. The molecule has 0 aliphatic heterocycles. The normalized spacial score (nSPS) is 12.2. The van der Waals surface area contributed by atoms with Crippen molar-refractivity contribution >= 4 is 11.9 Å². The van der Waals surface area contributed by atoms with Crippen LogP contribution in [0.25, 0.3) is 22.9 Å². The Balaban J connectivity index is 0.000000244. The van der Waals surface area contributed by atoms with E-state index in [1.165, 1.54) is 24.3 Å². The van der Waals surface area contributed by atoms with Crippen molar-refractivity contribution in [1.29, 1.82) is 0 Å². The molecule has 67 heavy (non-hydrogen) atoms. The van der Waals surface area contributed by atoms with E-state index < -0.39 is 30.6 Å². The molecule has 2 unspecified atom stereocenters. The Morgan fingerprint density at radius 3 is 1.51 bits per heavy atom. The summed E-state index contributed by atoms with van der Waals surface area (Å²) >= 11 is 0. The molecular formula is C44H54F6N10O7. The summed E-state index contributed by atoms with van der Waals surface area (Å²) in [6.45, 7) is 2.62. The van der Waals surface area contributed by atoms with Crippen LogP contribution in [0, 0.1) is 11.6 Å². The van der Waals surface area contributed by atoms with Gasteiger partial charge in [-0.2, -0.15) is 27.5 Å². The third kappa shape index (κ3) is 18.7. The number of oxazole rings is 2. The molecule has 0 radical (unpaired) electrons. The van der Waals surface area contributed by atoms with Gasteiger partial charge in [-0.1, -0.05) is 10.3 Å². The van der Waals surface area contributed by atoms with Gasteiger partial charge in [0.15, 0.2) is 11.6 Å². The molecule has 4 heterocycles. The van der Waals surface area contributed by atoms with Gasteiger partial charge >= 0.3 is 18.8 Å². The van der Waals surface area contributed by atoms with Gasteiger partial charge in [0.2, 0.25) is 17.7 Å². The average Bonchev–Trinajstić information content (AvgIpc) is 4.14. The summed E-state index contributed by atoms with van der Waals surface area (Å²) in [5.74, 6) is -1.93. The Morgan fingerprint density at radius 2 is 1.10 bits per heavy atom. The van der Waals surface area contributed by atoms with Gasteiger partial charge in [-0.25, -0.2) is 18.7 Å². The topological polar surface area (TPSA) is 229 Å². The van der Waals surface area contributed by atoms with E-state index in [2.05, 4.69) is 49.5 Å². The number of carbonyl (C=O) groups is 2. The number of rotatable bonds is 23. The van der Waals surface area contributed by atoms with Crippen LogP contribution in [-0.2, 0) is 22.4 Å². The monoisotopic (exact) mass is 948 g/mol. The number of carboxylic acids is 1. The minimum atomic E-state index is -2.81. The van der Waals surface area contributed by atoms with E-state index in [1.54, 1.807) is 36.8 Å². The number of hydrogen-bond acceptors (Lipinski definition) is 15. The van der Waals surface area contributed by atoms with E-state index in [9.17, 15) is 35.9 Å². The maximum absolute atomic E-state index is 13.2. The van der Waals surface area contributed by atoms with E-state index in [-0.39, 0.29) is 66.7 Å². The molecular weight excluding hydrogens is 895 g/mol. The van der Waals surface area contributed by atoms with Crippen LogP contribution in [-0.4, -0.2) is 111 Å². The zero-order valence-corrected chi connectivity index (χ0v) is 37.4. The Morgan fingerprint density at radius 1 is 0.672 bits per heavy atom. The van der Waals surface area contributed by atoms with Crippen molar-refractivity contribution < 1.29 is 58.9 Å². The first-order chi connectivity index (χ1) is 32.0. The number of benzene rings is 2. The van der Waals surface area contributed by atoms with Gasteiger partial charge in [0, 0.05) is 61.7 Å². The molecule has 0 saturated carbocycles. The fourth-order valence-electron chi connectivity index (χ4n) is 6.01. The summed E-state index contributed by atoms with van der Waals surface area (Å²) in [6.07, 6.45) is 0.614. The third-order valence-electron chi connectivity index (χ3n) is 9.68. The number of alkyl halides is 4. The molecule has 4 aromatic heterocycles. The number of amides is 1. The molecule has 23 heteroatoms. The first-order valence-corrected chi connectivity index (χ1v) is 21.1. The van der Waals surface area contributed by atoms with Gasteiger partial charge in [-0.15, -0.1) is 0 Å². The number of hydrogen-bond donors (Lipinski definition) is 3. The quantitative estimate of drug-likeness (QED) is 0.0519. The van der Waals surface area contributed by atoms with E-state index in [0.29, 0.717) is 49.0 Å². The second-order valence-corrected chi connectivity index (χ2v) is 15.6. The first-order valence-electron chi connectivity index (χ1n) is 21.1. The number of nitrogens with zero attached hydrogens (tertiary/aromatic N) is 8. The maximum Gasteiger partial charge on any atom is 0.315 e. The highest BCUT2D eigenvalue weighted by Gasteiger charge is 2.21. The van der Waals surface area contributed by atoms with Crippen LogP contribution in [0.2, 0.25) is 0 Å². The highest BCUT2D eigenvalue weighted by Crippen LogP contribution is 2.26. The number of nitrogens with one attached hydrogen (secondary N) is 1. The smallest absolute Gasteiger partial charge is 0.315 e. The molecule has 17 nitrogen and oxygen atoms in total. The Labute approximate surface area is 382 Å². The predicted molar refractivity (Wildman–Crippen MR) is 230 cm³/mol. The number of aromatic nitrogens is 6. The molecule has 0 bridgehead atoms. The molecule has 0 spiro atoms. The van der Waals surface area contributed by atoms with Crippen molar-refractivity contribution in [3.63, 3.8) is 0 Å². The van der Waals surface area contributed by atoms with Crippen molar-refractivity contribution in [2.24, 2.45) is 5.73 Å². The summed E-state index contributed by atoms with van der Waals surface area (Å²) in [7, 11) is 7.97. The van der Waals surface area contributed by atoms with Crippen LogP contribution in [0.1, 0.15) is 98.0 Å². The molecule has 0 aliphatic carbocycles. The summed E-state index contributed by atoms with van der Waals surface area (Å²) in [4.78, 5) is 42.5. The van der Waals surface area contributed by atoms with E-state index in [0.717, 1.165) is 37.2 Å². The van der Waals surface area contributed by atoms with Crippen LogP contribution in [0.4, 0.5) is 26.3 Å². The average molecular weight is 949 g/mol. The van der Waals surface area contributed by atoms with Gasteiger partial charge in [0.05, 0.1) is 11.4 Å². The minimum absolute atomic E-state index is 0.0431. The predicted octanol–water partition coefficient (Wildman–Crippen LogP) is 7.86. The number of halogens is 6. The van der Waals surface area contributed by atoms with Gasteiger partial charge in [-0.3, -0.25) is 9.59 Å². The van der Waals surface area contributed by atoms with Crippen molar-refractivity contribution in [3.05, 3.63) is 108 Å². The highest BCUT2D eigenvalue weighted by molar-refractivity contribution is 5.75. The van der Waals surface area contributed by atoms with Gasteiger partial charge in [0.1, 0.15) is 24.2 Å². The molecule has 2 aromatic carbocycles. The molecule has 4 N–H and O–H groups in total. The van der Waals surface area contributed by atoms with Crippen LogP contribution in [0.5, 0.6) is 0 Å². The van der Waals surface area contributed by atoms with Gasteiger partial charge in [0.25, 0.3) is 11.8 Å². The molecule has 0 aliphatic rings. The second kappa shape index (κ2) is 27.2. The Bertz CT molecular complexity index is 2350. The third-order valence-corrected chi connectivity index (χ3v) is 9.68. The number of carboxylic acid groups (broad SMARTS) is 1. The molecule has 364 valence electrons. The number of nitrogens with two attached hydrogens (primary N) is 1. The van der Waals surface area contributed by atoms with Gasteiger partial charge in [-0.05, 0) is 115 Å². The van der Waals surface area contributed by atoms with Crippen molar-refractivity contribution in [1.82, 2.24) is 45.4 Å². The fraction of sp³-hybridized carbons (Fsp3) is 0.455. The van der Waals surface area contributed by atoms with E-state index in [1.807, 2.05) is 33.1 Å². The lowest BCUT2D eigenvalue weighted by molar-refractivity contribution is -0.137. The Kier molecular flexibility index (Phi) is 21.6. The maximum atomic E-state index is 13.2. The molecule has 0 saturated heterocycles. The lowest BCUT2D eigenvalue weighted by atomic mass is 10.0. The molecule has 2 atom stereocenters. The van der Waals surface area contributed by atoms with Crippen LogP contribution in [0.3, 0.4) is 0 Å². The highest BCUT2D eigenvalue weighted by atomic mass is 19.3. The standard InChI is InChI=1S/C22H26F3N5O3.C15H20FN3O.C7H8F2N2O3/c1-30(2)11-10-15(17-13-32-21(27-17)14-6-8-16(23)9-7-14)12-26-19(31)5-3-4-18-28-22(20(24)25)33-29-18;1-19(2)8-7-12(9-17)14-10-20-15(18-14)11-3-5-13(16)6-4-11;8-6(9)7-10-4(11-14-7)2-1-3-5(12)13/h6-9,13,15,20H,3-5,10-12H2,1-2H3,(H,26,31);3-6,10,12H,7-9,17H2,1-2H3;6H,1-3H2,(H,12,13). The first kappa shape index (κ1) is 53.2. The number of aliphatic carboxylic acids is 1.